The first-order valence-corrected chi connectivity index (χ1v) is 8.30. The van der Waals surface area contributed by atoms with Gasteiger partial charge in [-0.2, -0.15) is 0 Å². The summed E-state index contributed by atoms with van der Waals surface area (Å²) >= 11 is 0. The number of ether oxygens (including phenoxy) is 2. The number of cyclic esters (lactones) is 1. The van der Waals surface area contributed by atoms with E-state index in [1.807, 2.05) is 41.1 Å². The van der Waals surface area contributed by atoms with Gasteiger partial charge in [0.1, 0.15) is 12.6 Å². The van der Waals surface area contributed by atoms with Gasteiger partial charge >= 0.3 is 12.2 Å². The molecule has 1 aliphatic heterocycles. The molecule has 0 aliphatic carbocycles. The van der Waals surface area contributed by atoms with Crippen molar-refractivity contribution in [1.82, 2.24) is 19.4 Å². The third-order valence-electron chi connectivity index (χ3n) is 4.30. The molecule has 2 aromatic rings. The van der Waals surface area contributed by atoms with Crippen molar-refractivity contribution in [2.45, 2.75) is 18.7 Å². The molecule has 1 aliphatic rings. The molecule has 3 rings (SSSR count). The first-order valence-electron chi connectivity index (χ1n) is 8.30. The van der Waals surface area contributed by atoms with E-state index >= 15 is 0 Å². The Hall–Kier alpha value is -3.03. The lowest BCUT2D eigenvalue weighted by Crippen LogP contribution is -2.39. The van der Waals surface area contributed by atoms with E-state index < -0.39 is 24.3 Å². The molecule has 138 valence electrons. The van der Waals surface area contributed by atoms with E-state index in [1.165, 1.54) is 9.80 Å². The zero-order chi connectivity index (χ0) is 18.7. The molecule has 1 aromatic carbocycles. The lowest BCUT2D eigenvalue weighted by atomic mass is 10.1. The minimum absolute atomic E-state index is 0.138. The third kappa shape index (κ3) is 3.63. The molecule has 8 heteroatoms. The quantitative estimate of drug-likeness (QED) is 0.818. The Labute approximate surface area is 151 Å². The smallest absolute Gasteiger partial charge is 0.410 e. The van der Waals surface area contributed by atoms with Gasteiger partial charge in [0.15, 0.2) is 11.9 Å². The van der Waals surface area contributed by atoms with Crippen molar-refractivity contribution in [3.05, 3.63) is 54.1 Å². The second-order valence-corrected chi connectivity index (χ2v) is 6.35. The average Bonchev–Trinajstić information content (AvgIpc) is 3.21. The molecule has 2 amide bonds. The highest BCUT2D eigenvalue weighted by molar-refractivity contribution is 5.70. The zero-order valence-corrected chi connectivity index (χ0v) is 15.0. The van der Waals surface area contributed by atoms with Crippen LogP contribution in [0.25, 0.3) is 0 Å². The maximum absolute atomic E-state index is 12.2. The number of benzene rings is 1. The number of amides is 2. The van der Waals surface area contributed by atoms with Crippen LogP contribution in [-0.4, -0.2) is 65.3 Å². The fourth-order valence-corrected chi connectivity index (χ4v) is 2.80. The standard InChI is InChI=1S/C18H22N4O4/c1-20(2)17(23)26-15(14-12-25-18(24)21(14)3)16-19-9-10-22(16)11-13-7-5-4-6-8-13/h4-10,14-15H,11-12H2,1-3H3/t14-,15-/m0/s1. The third-order valence-corrected chi connectivity index (χ3v) is 4.30. The molecule has 0 radical (unpaired) electrons. The molecular formula is C18H22N4O4. The highest BCUT2D eigenvalue weighted by Crippen LogP contribution is 2.28. The zero-order valence-electron chi connectivity index (χ0n) is 15.0. The second-order valence-electron chi connectivity index (χ2n) is 6.35. The van der Waals surface area contributed by atoms with Gasteiger partial charge in [-0.15, -0.1) is 0 Å². The number of aromatic nitrogens is 2. The van der Waals surface area contributed by atoms with E-state index in [9.17, 15) is 9.59 Å². The monoisotopic (exact) mass is 358 g/mol. The van der Waals surface area contributed by atoms with Gasteiger partial charge in [-0.25, -0.2) is 14.6 Å². The lowest BCUT2D eigenvalue weighted by molar-refractivity contribution is 0.0323. The van der Waals surface area contributed by atoms with Gasteiger partial charge in [0.05, 0.1) is 0 Å². The molecule has 0 bridgehead atoms. The first-order chi connectivity index (χ1) is 12.5. The van der Waals surface area contributed by atoms with E-state index in [-0.39, 0.29) is 6.61 Å². The number of carbonyl (C=O) groups excluding carboxylic acids is 2. The van der Waals surface area contributed by atoms with Gasteiger partial charge in [-0.1, -0.05) is 30.3 Å². The number of imidazole rings is 1. The summed E-state index contributed by atoms with van der Waals surface area (Å²) in [4.78, 5) is 31.1. The molecule has 1 fully saturated rings. The fourth-order valence-electron chi connectivity index (χ4n) is 2.80. The number of hydrogen-bond acceptors (Lipinski definition) is 5. The number of rotatable bonds is 5. The summed E-state index contributed by atoms with van der Waals surface area (Å²) in [6.45, 7) is 0.719. The van der Waals surface area contributed by atoms with Crippen LogP contribution in [-0.2, 0) is 16.0 Å². The topological polar surface area (TPSA) is 76.9 Å². The molecule has 0 spiro atoms. The van der Waals surface area contributed by atoms with E-state index in [0.717, 1.165) is 5.56 Å². The highest BCUT2D eigenvalue weighted by atomic mass is 16.6. The predicted octanol–water partition coefficient (Wildman–Crippen LogP) is 2.12. The van der Waals surface area contributed by atoms with Crippen molar-refractivity contribution >= 4 is 12.2 Å². The summed E-state index contributed by atoms with van der Waals surface area (Å²) in [5, 5.41) is 0. The fraction of sp³-hybridized carbons (Fsp3) is 0.389. The summed E-state index contributed by atoms with van der Waals surface area (Å²) in [6, 6.07) is 9.47. The summed E-state index contributed by atoms with van der Waals surface area (Å²) < 4.78 is 12.7. The van der Waals surface area contributed by atoms with Crippen molar-refractivity contribution in [1.29, 1.82) is 0 Å². The summed E-state index contributed by atoms with van der Waals surface area (Å²) in [5.74, 6) is 0.569. The van der Waals surface area contributed by atoms with Crippen LogP contribution in [0.3, 0.4) is 0 Å². The Bertz CT molecular complexity index is 775. The maximum Gasteiger partial charge on any atom is 0.410 e. The number of hydrogen-bond donors (Lipinski definition) is 0. The minimum Gasteiger partial charge on any atom is -0.447 e. The van der Waals surface area contributed by atoms with Crippen molar-refractivity contribution in [2.24, 2.45) is 0 Å². The molecule has 1 saturated heterocycles. The van der Waals surface area contributed by atoms with Gasteiger partial charge < -0.3 is 23.8 Å². The maximum atomic E-state index is 12.2. The summed E-state index contributed by atoms with van der Waals surface area (Å²) in [6.07, 6.45) is 1.81. The molecule has 8 nitrogen and oxygen atoms in total. The van der Waals surface area contributed by atoms with Gasteiger partial charge in [0.2, 0.25) is 0 Å². The van der Waals surface area contributed by atoms with Crippen LogP contribution in [0.2, 0.25) is 0 Å². The van der Waals surface area contributed by atoms with E-state index in [0.29, 0.717) is 12.4 Å². The lowest BCUT2D eigenvalue weighted by Gasteiger charge is -2.27. The molecule has 26 heavy (non-hydrogen) atoms. The molecule has 1 aromatic heterocycles. The Kier molecular flexibility index (Phi) is 5.11. The largest absolute Gasteiger partial charge is 0.447 e. The van der Waals surface area contributed by atoms with Crippen LogP contribution in [0.15, 0.2) is 42.7 Å². The Balaban J connectivity index is 1.91. The Morgan fingerprint density at radius 1 is 1.38 bits per heavy atom. The van der Waals surface area contributed by atoms with Crippen LogP contribution in [0.1, 0.15) is 17.5 Å². The minimum atomic E-state index is -0.736. The van der Waals surface area contributed by atoms with Crippen LogP contribution in [0.5, 0.6) is 0 Å². The van der Waals surface area contributed by atoms with Crippen LogP contribution in [0.4, 0.5) is 9.59 Å². The van der Waals surface area contributed by atoms with E-state index in [1.54, 1.807) is 27.3 Å². The number of nitrogens with zero attached hydrogens (tertiary/aromatic N) is 4. The molecular weight excluding hydrogens is 336 g/mol. The van der Waals surface area contributed by atoms with Gasteiger partial charge in [-0.05, 0) is 5.56 Å². The van der Waals surface area contributed by atoms with Crippen molar-refractivity contribution in [2.75, 3.05) is 27.7 Å². The molecule has 0 unspecified atom stereocenters. The molecule has 0 N–H and O–H groups in total. The van der Waals surface area contributed by atoms with Crippen molar-refractivity contribution in [3.8, 4) is 0 Å². The van der Waals surface area contributed by atoms with E-state index in [2.05, 4.69) is 4.98 Å². The number of likely N-dealkylation sites (N-methyl/N-ethyl adjacent to an activating group) is 1. The van der Waals surface area contributed by atoms with Gasteiger partial charge in [-0.3, -0.25) is 0 Å². The Morgan fingerprint density at radius 2 is 2.12 bits per heavy atom. The van der Waals surface area contributed by atoms with E-state index in [4.69, 9.17) is 9.47 Å². The predicted molar refractivity (Wildman–Crippen MR) is 93.6 cm³/mol. The van der Waals surface area contributed by atoms with Gasteiger partial charge in [0.25, 0.3) is 0 Å². The SMILES string of the molecule is CN(C)C(=O)O[C@H](c1nccn1Cc1ccccc1)[C@@H]1COC(=O)N1C. The summed E-state index contributed by atoms with van der Waals surface area (Å²) in [5.41, 5.74) is 1.09. The van der Waals surface area contributed by atoms with Gasteiger partial charge in [0, 0.05) is 40.1 Å². The molecule has 2 atom stereocenters. The number of carbonyl (C=O) groups is 2. The van der Waals surface area contributed by atoms with Crippen LogP contribution >= 0.6 is 0 Å². The second kappa shape index (κ2) is 7.47. The van der Waals surface area contributed by atoms with Crippen LogP contribution < -0.4 is 0 Å². The highest BCUT2D eigenvalue weighted by Gasteiger charge is 2.41. The first kappa shape index (κ1) is 17.8. The van der Waals surface area contributed by atoms with Crippen molar-refractivity contribution in [3.63, 3.8) is 0 Å². The molecule has 0 saturated carbocycles. The average molecular weight is 358 g/mol. The molecule has 2 heterocycles. The van der Waals surface area contributed by atoms with Crippen molar-refractivity contribution < 1.29 is 19.1 Å². The Morgan fingerprint density at radius 3 is 2.73 bits per heavy atom. The normalized spacial score (nSPS) is 17.7. The van der Waals surface area contributed by atoms with Crippen LogP contribution in [0, 0.1) is 0 Å². The summed E-state index contributed by atoms with van der Waals surface area (Å²) in [7, 11) is 4.84.